The average Bonchev–Trinajstić information content (AvgIpc) is 3.16. The molecule has 4 aliphatic rings. The van der Waals surface area contributed by atoms with Crippen molar-refractivity contribution in [3.63, 3.8) is 0 Å². The van der Waals surface area contributed by atoms with Crippen LogP contribution >= 0.6 is 0 Å². The van der Waals surface area contributed by atoms with Gasteiger partial charge in [-0.1, -0.05) is 54.4 Å². The molecular weight excluding hydrogens is 460 g/mol. The lowest BCUT2D eigenvalue weighted by Gasteiger charge is -2.62. The molecule has 0 heterocycles. The van der Waals surface area contributed by atoms with Crippen molar-refractivity contribution in [2.75, 3.05) is 0 Å². The predicted octanol–water partition coefficient (Wildman–Crippen LogP) is 8.22. The quantitative estimate of drug-likeness (QED) is 0.305. The highest BCUT2D eigenvalue weighted by molar-refractivity contribution is 5.66. The van der Waals surface area contributed by atoms with Gasteiger partial charge >= 0.3 is 11.9 Å². The van der Waals surface area contributed by atoms with Gasteiger partial charge in [0.1, 0.15) is 12.2 Å². The van der Waals surface area contributed by atoms with E-state index in [2.05, 4.69) is 41.5 Å². The Morgan fingerprint density at radius 2 is 1.46 bits per heavy atom. The van der Waals surface area contributed by atoms with Crippen LogP contribution in [0.1, 0.15) is 126 Å². The van der Waals surface area contributed by atoms with Gasteiger partial charge in [-0.2, -0.15) is 0 Å². The summed E-state index contributed by atoms with van der Waals surface area (Å²) in [5, 5.41) is 0. The zero-order valence-corrected chi connectivity index (χ0v) is 25.2. The molecule has 37 heavy (non-hydrogen) atoms. The summed E-state index contributed by atoms with van der Waals surface area (Å²) in [6.07, 6.45) is 13.2. The van der Waals surface area contributed by atoms with Crippen molar-refractivity contribution >= 4 is 11.9 Å². The smallest absolute Gasteiger partial charge is 0.302 e. The first-order valence-corrected chi connectivity index (χ1v) is 15.7. The van der Waals surface area contributed by atoms with E-state index in [1.54, 1.807) is 6.92 Å². The number of fused-ring (bicyclic) bond motifs is 5. The fraction of sp³-hybridized carbons (Fsp3) is 0.939. The topological polar surface area (TPSA) is 52.6 Å². The highest BCUT2D eigenvalue weighted by atomic mass is 16.5. The van der Waals surface area contributed by atoms with Gasteiger partial charge in [-0.05, 0) is 110 Å². The van der Waals surface area contributed by atoms with Gasteiger partial charge in [-0.25, -0.2) is 0 Å². The Morgan fingerprint density at radius 1 is 0.811 bits per heavy atom. The van der Waals surface area contributed by atoms with Crippen molar-refractivity contribution in [2.45, 2.75) is 138 Å². The number of carbonyl (C=O) groups is 2. The summed E-state index contributed by atoms with van der Waals surface area (Å²) in [4.78, 5) is 23.9. The summed E-state index contributed by atoms with van der Waals surface area (Å²) in [6, 6.07) is 0. The maximum absolute atomic E-state index is 12.2. The van der Waals surface area contributed by atoms with Crippen LogP contribution in [0.15, 0.2) is 0 Å². The van der Waals surface area contributed by atoms with E-state index in [-0.39, 0.29) is 29.6 Å². The maximum Gasteiger partial charge on any atom is 0.302 e. The molecule has 4 nitrogen and oxygen atoms in total. The van der Waals surface area contributed by atoms with Crippen molar-refractivity contribution < 1.29 is 19.1 Å². The first-order valence-electron chi connectivity index (χ1n) is 15.7. The van der Waals surface area contributed by atoms with Gasteiger partial charge in [0.15, 0.2) is 0 Å². The average molecular weight is 517 g/mol. The maximum atomic E-state index is 12.2. The predicted molar refractivity (Wildman–Crippen MR) is 149 cm³/mol. The molecule has 0 amide bonds. The summed E-state index contributed by atoms with van der Waals surface area (Å²) in [7, 11) is 0. The second-order valence-corrected chi connectivity index (χ2v) is 14.6. The summed E-state index contributed by atoms with van der Waals surface area (Å²) in [5.41, 5.74) is 0.579. The monoisotopic (exact) mass is 516 g/mol. The molecule has 212 valence electrons. The van der Waals surface area contributed by atoms with Crippen LogP contribution in [-0.4, -0.2) is 24.1 Å². The van der Waals surface area contributed by atoms with Crippen molar-refractivity contribution in [3.8, 4) is 0 Å². The Labute approximate surface area is 227 Å². The zero-order valence-electron chi connectivity index (χ0n) is 25.2. The van der Waals surface area contributed by atoms with Crippen LogP contribution in [0.3, 0.4) is 0 Å². The van der Waals surface area contributed by atoms with Gasteiger partial charge in [0.2, 0.25) is 0 Å². The molecule has 4 fully saturated rings. The molecule has 0 N–H and O–H groups in total. The van der Waals surface area contributed by atoms with Crippen LogP contribution < -0.4 is 0 Å². The molecule has 0 spiro atoms. The van der Waals surface area contributed by atoms with Crippen molar-refractivity contribution in [2.24, 2.45) is 58.2 Å². The summed E-state index contributed by atoms with van der Waals surface area (Å²) >= 11 is 0. The van der Waals surface area contributed by atoms with E-state index in [1.165, 1.54) is 51.9 Å². The molecule has 0 bridgehead atoms. The van der Waals surface area contributed by atoms with Gasteiger partial charge in [0.05, 0.1) is 0 Å². The number of esters is 2. The van der Waals surface area contributed by atoms with E-state index in [1.807, 2.05) is 0 Å². The molecule has 0 aromatic heterocycles. The minimum absolute atomic E-state index is 0.0338. The van der Waals surface area contributed by atoms with E-state index in [9.17, 15) is 9.59 Å². The van der Waals surface area contributed by atoms with Crippen molar-refractivity contribution in [1.82, 2.24) is 0 Å². The number of ether oxygens (including phenoxy) is 2. The molecule has 0 saturated heterocycles. The van der Waals surface area contributed by atoms with E-state index >= 15 is 0 Å². The van der Waals surface area contributed by atoms with Gasteiger partial charge < -0.3 is 9.47 Å². The lowest BCUT2D eigenvalue weighted by Crippen LogP contribution is -2.59. The van der Waals surface area contributed by atoms with Crippen molar-refractivity contribution in [1.29, 1.82) is 0 Å². The largest absolute Gasteiger partial charge is 0.463 e. The highest BCUT2D eigenvalue weighted by Crippen LogP contribution is 2.68. The van der Waals surface area contributed by atoms with E-state index in [0.29, 0.717) is 23.2 Å². The Hall–Kier alpha value is -1.06. The molecular formula is C33H56O4. The minimum atomic E-state index is -0.190. The third-order valence-electron chi connectivity index (χ3n) is 12.5. The standard InChI is InChI=1S/C33H56O4/c1-9-24(20(2)3)11-10-21(4)27-12-13-28-26-19-31(37-23(6)35)30-18-25(36-22(5)34)14-16-33(30,8)29(26)15-17-32(27,28)7/h20-21,24-31H,9-19H2,1-8H3. The first-order chi connectivity index (χ1) is 17.4. The molecule has 0 radical (unpaired) electrons. The summed E-state index contributed by atoms with van der Waals surface area (Å²) in [6.45, 7) is 17.9. The molecule has 11 atom stereocenters. The van der Waals surface area contributed by atoms with Gasteiger partial charge in [-0.3, -0.25) is 9.59 Å². The second-order valence-electron chi connectivity index (χ2n) is 14.6. The van der Waals surface area contributed by atoms with Crippen LogP contribution in [0.2, 0.25) is 0 Å². The Kier molecular flexibility index (Phi) is 8.76. The zero-order chi connectivity index (χ0) is 27.1. The van der Waals surface area contributed by atoms with Crippen LogP contribution in [0.4, 0.5) is 0 Å². The second kappa shape index (κ2) is 11.2. The number of carbonyl (C=O) groups excluding carboxylic acids is 2. The van der Waals surface area contributed by atoms with Crippen LogP contribution in [0, 0.1) is 58.2 Å². The van der Waals surface area contributed by atoms with Crippen LogP contribution in [0.25, 0.3) is 0 Å². The number of rotatable bonds is 8. The van der Waals surface area contributed by atoms with Gasteiger partial charge in [0, 0.05) is 19.8 Å². The Balaban J connectivity index is 1.53. The summed E-state index contributed by atoms with van der Waals surface area (Å²) in [5.74, 6) is 5.26. The minimum Gasteiger partial charge on any atom is -0.463 e. The molecule has 4 aliphatic carbocycles. The highest BCUT2D eigenvalue weighted by Gasteiger charge is 2.63. The van der Waals surface area contributed by atoms with Crippen LogP contribution in [-0.2, 0) is 19.1 Å². The third kappa shape index (κ3) is 5.51. The summed E-state index contributed by atoms with van der Waals surface area (Å²) < 4.78 is 11.8. The SMILES string of the molecule is CCC(CCC(C)C1CCC2C3CC(OC(C)=O)C4CC(OC(C)=O)CCC4(C)C3CCC12C)C(C)C. The number of hydrogen-bond acceptors (Lipinski definition) is 4. The molecule has 0 aromatic carbocycles. The molecule has 0 aromatic rings. The van der Waals surface area contributed by atoms with Crippen LogP contribution in [0.5, 0.6) is 0 Å². The fourth-order valence-corrected chi connectivity index (χ4v) is 10.6. The van der Waals surface area contributed by atoms with E-state index in [0.717, 1.165) is 55.3 Å². The lowest BCUT2D eigenvalue weighted by atomic mass is 9.43. The van der Waals surface area contributed by atoms with Gasteiger partial charge in [0.25, 0.3) is 0 Å². The Morgan fingerprint density at radius 3 is 2.08 bits per heavy atom. The molecule has 4 saturated carbocycles. The van der Waals surface area contributed by atoms with Gasteiger partial charge in [-0.15, -0.1) is 0 Å². The molecule has 4 heteroatoms. The third-order valence-corrected chi connectivity index (χ3v) is 12.5. The van der Waals surface area contributed by atoms with E-state index < -0.39 is 0 Å². The first kappa shape index (κ1) is 28.9. The molecule has 4 rings (SSSR count). The molecule has 11 unspecified atom stereocenters. The van der Waals surface area contributed by atoms with Crippen molar-refractivity contribution in [3.05, 3.63) is 0 Å². The Bertz CT molecular complexity index is 821. The van der Waals surface area contributed by atoms with E-state index in [4.69, 9.17) is 9.47 Å². The normalized spacial score (nSPS) is 42.8. The fourth-order valence-electron chi connectivity index (χ4n) is 10.6. The lowest BCUT2D eigenvalue weighted by molar-refractivity contribution is -0.197. The number of hydrogen-bond donors (Lipinski definition) is 0. The molecule has 0 aliphatic heterocycles.